The molecule has 1 saturated heterocycles. The highest BCUT2D eigenvalue weighted by Crippen LogP contribution is 2.29. The topological polar surface area (TPSA) is 88.5 Å². The zero-order valence-electron chi connectivity index (χ0n) is 15.1. The third-order valence-corrected chi connectivity index (χ3v) is 6.13. The number of imidazole rings is 1. The van der Waals surface area contributed by atoms with Crippen LogP contribution in [-0.4, -0.2) is 53.3 Å². The lowest BCUT2D eigenvalue weighted by Crippen LogP contribution is -2.27. The number of likely N-dealkylation sites (tertiary alicyclic amines) is 1. The van der Waals surface area contributed by atoms with E-state index in [9.17, 15) is 4.79 Å². The second-order valence-corrected chi connectivity index (χ2v) is 7.79. The lowest BCUT2D eigenvalue weighted by molar-refractivity contribution is 0.154. The number of carboxylic acid groups (broad SMARTS) is 1. The first-order chi connectivity index (χ1) is 13.5. The van der Waals surface area contributed by atoms with Crippen LogP contribution in [0.15, 0.2) is 41.5 Å². The lowest BCUT2D eigenvalue weighted by Gasteiger charge is -2.12. The molecule has 4 aromatic heterocycles. The SMILES string of the molecule is Cc1c(Br)nc2c3cc(-c4cnn(C5CCN(C(=O)O)C5)c4)cnc3ccn12. The van der Waals surface area contributed by atoms with Gasteiger partial charge in [-0.2, -0.15) is 5.10 Å². The average molecular weight is 441 g/mol. The van der Waals surface area contributed by atoms with Crippen molar-refractivity contribution in [3.8, 4) is 11.1 Å². The molecule has 1 aliphatic heterocycles. The minimum atomic E-state index is -0.876. The van der Waals surface area contributed by atoms with Gasteiger partial charge >= 0.3 is 6.09 Å². The molecule has 0 aliphatic carbocycles. The number of rotatable bonds is 2. The Hall–Kier alpha value is -2.94. The second kappa shape index (κ2) is 6.30. The van der Waals surface area contributed by atoms with Gasteiger partial charge in [0.15, 0.2) is 0 Å². The third kappa shape index (κ3) is 2.65. The lowest BCUT2D eigenvalue weighted by atomic mass is 10.1. The van der Waals surface area contributed by atoms with Gasteiger partial charge in [-0.05, 0) is 41.4 Å². The molecule has 1 N–H and O–H groups in total. The quantitative estimate of drug-likeness (QED) is 0.512. The fourth-order valence-corrected chi connectivity index (χ4v) is 4.13. The van der Waals surface area contributed by atoms with Crippen LogP contribution in [0.4, 0.5) is 4.79 Å². The van der Waals surface area contributed by atoms with Crippen molar-refractivity contribution >= 4 is 38.6 Å². The number of amides is 1. The molecule has 1 aliphatic rings. The van der Waals surface area contributed by atoms with Gasteiger partial charge in [0.25, 0.3) is 0 Å². The summed E-state index contributed by atoms with van der Waals surface area (Å²) in [5.74, 6) is 0. The Kier molecular flexibility index (Phi) is 3.87. The van der Waals surface area contributed by atoms with Crippen molar-refractivity contribution in [2.75, 3.05) is 13.1 Å². The number of carbonyl (C=O) groups is 1. The summed E-state index contributed by atoms with van der Waals surface area (Å²) < 4.78 is 4.72. The summed E-state index contributed by atoms with van der Waals surface area (Å²) in [4.78, 5) is 21.8. The Morgan fingerprint density at radius 1 is 1.32 bits per heavy atom. The van der Waals surface area contributed by atoms with Crippen LogP contribution < -0.4 is 0 Å². The van der Waals surface area contributed by atoms with Gasteiger partial charge < -0.3 is 14.4 Å². The monoisotopic (exact) mass is 440 g/mol. The fourth-order valence-electron chi connectivity index (χ4n) is 3.77. The highest BCUT2D eigenvalue weighted by Gasteiger charge is 2.27. The first-order valence-electron chi connectivity index (χ1n) is 8.96. The maximum atomic E-state index is 11.1. The van der Waals surface area contributed by atoms with Crippen molar-refractivity contribution in [2.24, 2.45) is 0 Å². The number of pyridine rings is 2. The minimum absolute atomic E-state index is 0.0656. The summed E-state index contributed by atoms with van der Waals surface area (Å²) in [6.07, 6.45) is 7.47. The molecule has 4 aromatic rings. The molecule has 8 nitrogen and oxygen atoms in total. The number of nitrogens with zero attached hydrogens (tertiary/aromatic N) is 6. The molecule has 5 rings (SSSR count). The van der Waals surface area contributed by atoms with Gasteiger partial charge in [-0.3, -0.25) is 9.67 Å². The summed E-state index contributed by atoms with van der Waals surface area (Å²) in [5, 5.41) is 14.6. The van der Waals surface area contributed by atoms with Crippen LogP contribution in [0, 0.1) is 6.92 Å². The molecule has 0 saturated carbocycles. The smallest absolute Gasteiger partial charge is 0.407 e. The molecule has 1 amide bonds. The van der Waals surface area contributed by atoms with E-state index in [0.29, 0.717) is 13.1 Å². The van der Waals surface area contributed by atoms with Gasteiger partial charge in [0.2, 0.25) is 0 Å². The molecule has 0 aromatic carbocycles. The third-order valence-electron chi connectivity index (χ3n) is 5.38. The molecule has 0 bridgehead atoms. The van der Waals surface area contributed by atoms with Crippen molar-refractivity contribution in [1.29, 1.82) is 0 Å². The van der Waals surface area contributed by atoms with Gasteiger partial charge in [0.1, 0.15) is 10.3 Å². The van der Waals surface area contributed by atoms with Crippen LogP contribution in [-0.2, 0) is 0 Å². The fraction of sp³-hybridized carbons (Fsp3) is 0.263. The van der Waals surface area contributed by atoms with E-state index < -0.39 is 6.09 Å². The number of halogens is 1. The van der Waals surface area contributed by atoms with E-state index in [1.54, 1.807) is 6.20 Å². The number of hydrogen-bond acceptors (Lipinski definition) is 4. The molecule has 1 atom stereocenters. The Morgan fingerprint density at radius 3 is 2.96 bits per heavy atom. The molecular formula is C19H17BrN6O2. The summed E-state index contributed by atoms with van der Waals surface area (Å²) >= 11 is 3.50. The molecule has 9 heteroatoms. The molecule has 0 radical (unpaired) electrons. The first kappa shape index (κ1) is 17.2. The van der Waals surface area contributed by atoms with Crippen LogP contribution in [0.25, 0.3) is 27.7 Å². The van der Waals surface area contributed by atoms with E-state index in [-0.39, 0.29) is 6.04 Å². The molecule has 0 spiro atoms. The first-order valence-corrected chi connectivity index (χ1v) is 9.76. The number of hydrogen-bond donors (Lipinski definition) is 1. The predicted molar refractivity (Wildman–Crippen MR) is 107 cm³/mol. The summed E-state index contributed by atoms with van der Waals surface area (Å²) in [6, 6.07) is 4.13. The predicted octanol–water partition coefficient (Wildman–Crippen LogP) is 3.74. The zero-order valence-corrected chi connectivity index (χ0v) is 16.7. The van der Waals surface area contributed by atoms with E-state index in [1.165, 1.54) is 4.90 Å². The molecule has 1 unspecified atom stereocenters. The van der Waals surface area contributed by atoms with Gasteiger partial charge in [-0.25, -0.2) is 9.78 Å². The minimum Gasteiger partial charge on any atom is -0.465 e. The standard InChI is InChI=1S/C19H17BrN6O2/c1-11-17(20)23-18-15-6-12(7-21-16(15)3-5-25(11)18)13-8-22-26(9-13)14-2-4-24(10-14)19(27)28/h3,5-9,14H,2,4,10H2,1H3,(H,27,28). The Bertz CT molecular complexity index is 1230. The van der Waals surface area contributed by atoms with Gasteiger partial charge in [-0.15, -0.1) is 0 Å². The van der Waals surface area contributed by atoms with E-state index >= 15 is 0 Å². The van der Waals surface area contributed by atoms with Crippen molar-refractivity contribution in [2.45, 2.75) is 19.4 Å². The molecular weight excluding hydrogens is 424 g/mol. The van der Waals surface area contributed by atoms with Gasteiger partial charge in [0, 0.05) is 48.2 Å². The zero-order chi connectivity index (χ0) is 19.4. The summed E-state index contributed by atoms with van der Waals surface area (Å²) in [7, 11) is 0. The van der Waals surface area contributed by atoms with Crippen LogP contribution in [0.2, 0.25) is 0 Å². The molecule has 1 fully saturated rings. The van der Waals surface area contributed by atoms with Gasteiger partial charge in [0.05, 0.1) is 23.4 Å². The number of aryl methyl sites for hydroxylation is 1. The van der Waals surface area contributed by atoms with Crippen molar-refractivity contribution in [3.63, 3.8) is 0 Å². The van der Waals surface area contributed by atoms with E-state index in [0.717, 1.165) is 44.4 Å². The second-order valence-electron chi connectivity index (χ2n) is 7.03. The Labute approximate surface area is 168 Å². The van der Waals surface area contributed by atoms with Crippen molar-refractivity contribution in [1.82, 2.24) is 29.0 Å². The summed E-state index contributed by atoms with van der Waals surface area (Å²) in [5.41, 5.74) is 4.69. The summed E-state index contributed by atoms with van der Waals surface area (Å²) in [6.45, 7) is 3.02. The van der Waals surface area contributed by atoms with Crippen LogP contribution in [0.3, 0.4) is 0 Å². The maximum Gasteiger partial charge on any atom is 0.407 e. The Morgan fingerprint density at radius 2 is 2.18 bits per heavy atom. The van der Waals surface area contributed by atoms with Crippen LogP contribution >= 0.6 is 15.9 Å². The number of fused-ring (bicyclic) bond motifs is 3. The highest BCUT2D eigenvalue weighted by atomic mass is 79.9. The Balaban J connectivity index is 1.53. The van der Waals surface area contributed by atoms with E-state index in [1.807, 2.05) is 40.7 Å². The largest absolute Gasteiger partial charge is 0.465 e. The molecule has 5 heterocycles. The van der Waals surface area contributed by atoms with Crippen molar-refractivity contribution < 1.29 is 9.90 Å². The van der Waals surface area contributed by atoms with Crippen LogP contribution in [0.5, 0.6) is 0 Å². The molecule has 142 valence electrons. The number of aromatic nitrogens is 5. The normalized spacial score (nSPS) is 17.1. The van der Waals surface area contributed by atoms with E-state index in [2.05, 4.69) is 37.1 Å². The van der Waals surface area contributed by atoms with Gasteiger partial charge in [-0.1, -0.05) is 0 Å². The van der Waals surface area contributed by atoms with Crippen molar-refractivity contribution in [3.05, 3.63) is 47.2 Å². The van der Waals surface area contributed by atoms with E-state index in [4.69, 9.17) is 5.11 Å². The van der Waals surface area contributed by atoms with Crippen LogP contribution in [0.1, 0.15) is 18.2 Å². The molecule has 28 heavy (non-hydrogen) atoms. The average Bonchev–Trinajstić information content (AvgIpc) is 3.41. The highest BCUT2D eigenvalue weighted by molar-refractivity contribution is 9.10. The maximum absolute atomic E-state index is 11.1.